The van der Waals surface area contributed by atoms with Gasteiger partial charge in [0.15, 0.2) is 0 Å². The van der Waals surface area contributed by atoms with E-state index in [4.69, 9.17) is 29.6 Å². The molecule has 27 heavy (non-hydrogen) atoms. The summed E-state index contributed by atoms with van der Waals surface area (Å²) in [4.78, 5) is 5.15. The van der Waals surface area contributed by atoms with Gasteiger partial charge >= 0.3 is 16.7 Å². The predicted octanol–water partition coefficient (Wildman–Crippen LogP) is 5.69. The molecule has 0 unspecified atom stereocenters. The predicted molar refractivity (Wildman–Crippen MR) is 99.2 cm³/mol. The molecule has 0 aliphatic heterocycles. The normalized spacial score (nSPS) is 11.4. The van der Waals surface area contributed by atoms with Crippen molar-refractivity contribution in [1.82, 2.24) is 0 Å². The Balaban J connectivity index is 0.000000828. The lowest BCUT2D eigenvalue weighted by molar-refractivity contribution is -0.137. The van der Waals surface area contributed by atoms with E-state index in [0.29, 0.717) is 0 Å². The zero-order valence-corrected chi connectivity index (χ0v) is 16.9. The minimum absolute atomic E-state index is 0.0965. The molecule has 146 valence electrons. The average Bonchev–Trinajstić information content (AvgIpc) is 2.55. The number of hydrogen-bond donors (Lipinski definition) is 1. The Hall–Kier alpha value is -1.91. The summed E-state index contributed by atoms with van der Waals surface area (Å²) >= 11 is 9.10. The summed E-state index contributed by atoms with van der Waals surface area (Å²) < 4.78 is 62.8. The van der Waals surface area contributed by atoms with Crippen LogP contribution in [0.5, 0.6) is 0 Å². The molecule has 2 rings (SSSR count). The minimum atomic E-state index is -4.48. The van der Waals surface area contributed by atoms with Crippen molar-refractivity contribution in [2.75, 3.05) is 0 Å². The van der Waals surface area contributed by atoms with Crippen molar-refractivity contribution in [3.63, 3.8) is 0 Å². The summed E-state index contributed by atoms with van der Waals surface area (Å²) in [7, 11) is -2.61. The smallest absolute Gasteiger partial charge is 0.391 e. The molecule has 0 atom stereocenters. The Morgan fingerprint density at radius 3 is 2.30 bits per heavy atom. The molecular weight excluding hydrogens is 473 g/mol. The van der Waals surface area contributed by atoms with Gasteiger partial charge in [-0.3, -0.25) is 0 Å². The number of nitrogens with one attached hydrogen (secondary N) is 1. The second-order valence-electron chi connectivity index (χ2n) is 5.00. The fourth-order valence-electron chi connectivity index (χ4n) is 1.90. The first-order valence-electron chi connectivity index (χ1n) is 7.09. The van der Waals surface area contributed by atoms with Crippen LogP contribution >= 0.6 is 27.5 Å². The van der Waals surface area contributed by atoms with Gasteiger partial charge < -0.3 is 4.84 Å². The van der Waals surface area contributed by atoms with E-state index in [2.05, 4.69) is 21.1 Å². The van der Waals surface area contributed by atoms with Gasteiger partial charge in [-0.05, 0) is 42.8 Å². The van der Waals surface area contributed by atoms with Gasteiger partial charge in [0.1, 0.15) is 6.61 Å². The molecule has 0 amide bonds. The van der Waals surface area contributed by atoms with Crippen molar-refractivity contribution < 1.29 is 26.4 Å². The Morgan fingerprint density at radius 1 is 1.22 bits per heavy atom. The fraction of sp³-hybridized carbons (Fsp3) is 0.188. The first-order chi connectivity index (χ1) is 12.5. The maximum Gasteiger partial charge on any atom is 0.417 e. The van der Waals surface area contributed by atoms with E-state index >= 15 is 0 Å². The van der Waals surface area contributed by atoms with Crippen LogP contribution in [-0.4, -0.2) is 14.1 Å². The van der Waals surface area contributed by atoms with Gasteiger partial charge in [0.2, 0.25) is 0 Å². The Morgan fingerprint density at radius 2 is 1.78 bits per heavy atom. The number of rotatable bonds is 4. The van der Waals surface area contributed by atoms with E-state index in [1.165, 1.54) is 19.1 Å². The number of nitrogens with zero attached hydrogens (tertiary/aromatic N) is 1. The number of oxime groups is 1. The number of halogens is 5. The summed E-state index contributed by atoms with van der Waals surface area (Å²) in [6.45, 7) is 1.61. The average molecular weight is 486 g/mol. The maximum absolute atomic E-state index is 13.0. The van der Waals surface area contributed by atoms with Crippen LogP contribution in [0, 0.1) is 4.78 Å². The summed E-state index contributed by atoms with van der Waals surface area (Å²) in [5, 5.41) is 3.98. The van der Waals surface area contributed by atoms with Gasteiger partial charge in [0, 0.05) is 15.1 Å². The summed E-state index contributed by atoms with van der Waals surface area (Å²) in [5.41, 5.74) is 0.0695. The van der Waals surface area contributed by atoms with Crippen LogP contribution in [0.2, 0.25) is 5.02 Å². The molecule has 5 nitrogen and oxygen atoms in total. The number of alkyl halides is 3. The van der Waals surface area contributed by atoms with E-state index in [-0.39, 0.29) is 22.9 Å². The second-order valence-corrected chi connectivity index (χ2v) is 6.82. The van der Waals surface area contributed by atoms with Crippen molar-refractivity contribution in [1.29, 1.82) is 4.78 Å². The van der Waals surface area contributed by atoms with Crippen molar-refractivity contribution in [2.24, 2.45) is 5.16 Å². The number of benzene rings is 2. The van der Waals surface area contributed by atoms with Crippen molar-refractivity contribution in [3.8, 4) is 0 Å². The summed E-state index contributed by atoms with van der Waals surface area (Å²) in [5.74, 6) is 0. The van der Waals surface area contributed by atoms with Crippen molar-refractivity contribution in [3.05, 3.63) is 68.7 Å². The Kier molecular flexibility index (Phi) is 8.94. The van der Waals surface area contributed by atoms with Crippen LogP contribution in [0.25, 0.3) is 0 Å². The quantitative estimate of drug-likeness (QED) is 0.446. The molecule has 0 radical (unpaired) electrons. The van der Waals surface area contributed by atoms with Gasteiger partial charge in [0.05, 0.1) is 11.3 Å². The highest BCUT2D eigenvalue weighted by atomic mass is 79.9. The lowest BCUT2D eigenvalue weighted by Gasteiger charge is -2.12. The summed E-state index contributed by atoms with van der Waals surface area (Å²) in [6, 6.07) is 10.7. The molecule has 0 heterocycles. The first kappa shape index (κ1) is 23.1. The lowest BCUT2D eigenvalue weighted by atomic mass is 10.0. The van der Waals surface area contributed by atoms with Crippen molar-refractivity contribution >= 4 is 43.7 Å². The third kappa shape index (κ3) is 8.55. The van der Waals surface area contributed by atoms with Crippen LogP contribution in [0.15, 0.2) is 52.1 Å². The van der Waals surface area contributed by atoms with Crippen LogP contribution in [-0.2, 0) is 28.1 Å². The molecule has 2 aromatic rings. The molecule has 0 fully saturated rings. The standard InChI is InChI=1S/C16H12BrClF3NO.HNO2S/c1-10(22-23-9-11-2-4-12(17)5-3-11)14-8-13(18)6-7-15(14)16(19,20)21;1-4(2)3/h2-8H,9H2,1H3;1H/b22-10+;. The molecule has 2 aromatic carbocycles. The van der Waals surface area contributed by atoms with E-state index in [1.807, 2.05) is 24.3 Å². The van der Waals surface area contributed by atoms with Crippen LogP contribution in [0.3, 0.4) is 0 Å². The van der Waals surface area contributed by atoms with Crippen molar-refractivity contribution in [2.45, 2.75) is 19.7 Å². The largest absolute Gasteiger partial charge is 0.417 e. The monoisotopic (exact) mass is 484 g/mol. The molecule has 0 saturated heterocycles. The highest BCUT2D eigenvalue weighted by Crippen LogP contribution is 2.33. The molecule has 0 aliphatic rings. The SMILES string of the molecule is C/C(=N\OCc1ccc(Br)cc1)c1cc(Cl)ccc1C(F)(F)F.N=S(=O)=O. The van der Waals surface area contributed by atoms with E-state index < -0.39 is 22.2 Å². The van der Waals surface area contributed by atoms with E-state index in [0.717, 1.165) is 16.1 Å². The van der Waals surface area contributed by atoms with Crippen LogP contribution in [0.1, 0.15) is 23.6 Å². The van der Waals surface area contributed by atoms with Crippen LogP contribution < -0.4 is 0 Å². The van der Waals surface area contributed by atoms with Gasteiger partial charge in [-0.15, -0.1) is 0 Å². The van der Waals surface area contributed by atoms with Gasteiger partial charge in [-0.2, -0.15) is 26.4 Å². The number of hydrogen-bond acceptors (Lipinski definition) is 5. The third-order valence-corrected chi connectivity index (χ3v) is 3.79. The molecule has 11 heteroatoms. The molecule has 0 aromatic heterocycles. The topological polar surface area (TPSA) is 79.6 Å². The Bertz CT molecular complexity index is 911. The molecule has 0 saturated carbocycles. The van der Waals surface area contributed by atoms with Crippen LogP contribution in [0.4, 0.5) is 13.2 Å². The molecule has 1 N–H and O–H groups in total. The second kappa shape index (κ2) is 10.4. The molecule has 0 spiro atoms. The maximum atomic E-state index is 13.0. The zero-order chi connectivity index (χ0) is 20.6. The van der Waals surface area contributed by atoms with Gasteiger partial charge in [0.25, 0.3) is 0 Å². The highest BCUT2D eigenvalue weighted by Gasteiger charge is 2.34. The lowest BCUT2D eigenvalue weighted by Crippen LogP contribution is -2.12. The van der Waals surface area contributed by atoms with E-state index in [1.54, 1.807) is 0 Å². The minimum Gasteiger partial charge on any atom is -0.391 e. The van der Waals surface area contributed by atoms with E-state index in [9.17, 15) is 13.2 Å². The fourth-order valence-corrected chi connectivity index (χ4v) is 2.33. The molecule has 0 aliphatic carbocycles. The molecule has 0 bridgehead atoms. The summed E-state index contributed by atoms with van der Waals surface area (Å²) in [6.07, 6.45) is -4.48. The Labute approximate surface area is 168 Å². The highest BCUT2D eigenvalue weighted by molar-refractivity contribution is 9.10. The zero-order valence-electron chi connectivity index (χ0n) is 13.7. The van der Waals surface area contributed by atoms with Gasteiger partial charge in [-0.25, -0.2) is 0 Å². The first-order valence-corrected chi connectivity index (χ1v) is 9.34. The van der Waals surface area contributed by atoms with Gasteiger partial charge in [-0.1, -0.05) is 44.8 Å². The third-order valence-electron chi connectivity index (χ3n) is 3.02. The molecular formula is C16H13BrClF3N2O3S.